The van der Waals surface area contributed by atoms with Crippen molar-refractivity contribution in [1.29, 1.82) is 5.26 Å². The maximum absolute atomic E-state index is 12.5. The van der Waals surface area contributed by atoms with Crippen molar-refractivity contribution in [2.45, 2.75) is 5.75 Å². The number of sulfone groups is 1. The third kappa shape index (κ3) is 6.62. The van der Waals surface area contributed by atoms with Crippen molar-refractivity contribution in [3.63, 3.8) is 0 Å². The lowest BCUT2D eigenvalue weighted by atomic mass is 10.1. The normalized spacial score (nSPS) is 10.7. The van der Waals surface area contributed by atoms with Crippen LogP contribution in [0.2, 0.25) is 0 Å². The molecule has 0 saturated carbocycles. The number of likely N-dealkylation sites (N-methyl/N-ethyl adjacent to an activating group) is 1. The average Bonchev–Trinajstić information content (AvgIpc) is 2.68. The van der Waals surface area contributed by atoms with Gasteiger partial charge >= 0.3 is 0 Å². The van der Waals surface area contributed by atoms with Gasteiger partial charge in [-0.05, 0) is 42.0 Å². The number of benzene rings is 2. The number of amides is 2. The number of hydrogen-bond donors (Lipinski definition) is 1. The first kappa shape index (κ1) is 21.9. The molecular weight excluding hydrogens is 394 g/mol. The molecule has 1 N–H and O–H groups in total. The van der Waals surface area contributed by atoms with Gasteiger partial charge in [-0.1, -0.05) is 12.1 Å². The second-order valence-electron chi connectivity index (χ2n) is 6.33. The van der Waals surface area contributed by atoms with Crippen LogP contribution in [0.15, 0.2) is 48.5 Å². The molecule has 0 fully saturated rings. The Morgan fingerprint density at radius 2 is 1.72 bits per heavy atom. The predicted molar refractivity (Wildman–Crippen MR) is 108 cm³/mol. The molecule has 0 atom stereocenters. The summed E-state index contributed by atoms with van der Waals surface area (Å²) in [5, 5.41) is 11.2. The summed E-state index contributed by atoms with van der Waals surface area (Å²) in [5.41, 5.74) is 1.39. The van der Waals surface area contributed by atoms with E-state index in [1.165, 1.54) is 36.2 Å². The summed E-state index contributed by atoms with van der Waals surface area (Å²) in [6.45, 7) is -0.150. The van der Waals surface area contributed by atoms with Gasteiger partial charge in [-0.25, -0.2) is 8.42 Å². The standard InChI is InChI=1S/C20H21N3O5S/c1-23(13-19(24)22-17-7-9-18(28-2)10-8-17)20(25)16-5-3-15(4-6-16)14-29(26,27)12-11-21/h3-10H,12-14H2,1-2H3,(H,22,24). The Balaban J connectivity index is 1.95. The Labute approximate surface area is 169 Å². The molecule has 0 heterocycles. The molecule has 0 aromatic heterocycles. The third-order valence-electron chi connectivity index (χ3n) is 3.97. The minimum Gasteiger partial charge on any atom is -0.497 e. The molecule has 0 aliphatic rings. The van der Waals surface area contributed by atoms with E-state index in [0.29, 0.717) is 22.6 Å². The number of ether oxygens (including phenoxy) is 1. The minimum atomic E-state index is -3.50. The number of methoxy groups -OCH3 is 1. The largest absolute Gasteiger partial charge is 0.497 e. The van der Waals surface area contributed by atoms with Gasteiger partial charge in [0.2, 0.25) is 5.91 Å². The quantitative estimate of drug-likeness (QED) is 0.703. The Morgan fingerprint density at radius 1 is 1.10 bits per heavy atom. The number of nitriles is 1. The highest BCUT2D eigenvalue weighted by Gasteiger charge is 2.16. The van der Waals surface area contributed by atoms with Crippen LogP contribution in [0.1, 0.15) is 15.9 Å². The van der Waals surface area contributed by atoms with Gasteiger partial charge in [-0.2, -0.15) is 5.26 Å². The Kier molecular flexibility index (Phi) is 7.33. The molecule has 0 spiro atoms. The summed E-state index contributed by atoms with van der Waals surface area (Å²) in [5.74, 6) is -0.889. The fourth-order valence-corrected chi connectivity index (χ4v) is 3.53. The fourth-order valence-electron chi connectivity index (χ4n) is 2.53. The van der Waals surface area contributed by atoms with E-state index in [4.69, 9.17) is 10.00 Å². The van der Waals surface area contributed by atoms with E-state index in [-0.39, 0.29) is 24.1 Å². The molecular formula is C20H21N3O5S. The second kappa shape index (κ2) is 9.71. The van der Waals surface area contributed by atoms with Crippen LogP contribution in [0, 0.1) is 11.3 Å². The van der Waals surface area contributed by atoms with E-state index < -0.39 is 15.6 Å². The van der Waals surface area contributed by atoms with Gasteiger partial charge in [0.1, 0.15) is 11.5 Å². The highest BCUT2D eigenvalue weighted by molar-refractivity contribution is 7.90. The van der Waals surface area contributed by atoms with Crippen LogP contribution in [0.4, 0.5) is 5.69 Å². The smallest absolute Gasteiger partial charge is 0.254 e. The van der Waals surface area contributed by atoms with Gasteiger partial charge in [-0.3, -0.25) is 9.59 Å². The Morgan fingerprint density at radius 3 is 2.28 bits per heavy atom. The van der Waals surface area contributed by atoms with E-state index >= 15 is 0 Å². The molecule has 152 valence electrons. The molecule has 2 amide bonds. The maximum atomic E-state index is 12.5. The van der Waals surface area contributed by atoms with E-state index in [1.807, 2.05) is 0 Å². The molecule has 0 radical (unpaired) electrons. The maximum Gasteiger partial charge on any atom is 0.254 e. The summed E-state index contributed by atoms with van der Waals surface area (Å²) in [6.07, 6.45) is 0. The van der Waals surface area contributed by atoms with E-state index in [0.717, 1.165) is 0 Å². The molecule has 0 bridgehead atoms. The number of nitrogens with zero attached hydrogens (tertiary/aromatic N) is 2. The SMILES string of the molecule is COc1ccc(NC(=O)CN(C)C(=O)c2ccc(CS(=O)(=O)CC#N)cc2)cc1. The van der Waals surface area contributed by atoms with Crippen LogP contribution in [0.5, 0.6) is 5.75 Å². The lowest BCUT2D eigenvalue weighted by Gasteiger charge is -2.17. The molecule has 2 rings (SSSR count). The van der Waals surface area contributed by atoms with Gasteiger partial charge in [0.25, 0.3) is 5.91 Å². The highest BCUT2D eigenvalue weighted by atomic mass is 32.2. The fraction of sp³-hybridized carbons (Fsp3) is 0.250. The van der Waals surface area contributed by atoms with Crippen molar-refractivity contribution in [2.75, 3.05) is 31.8 Å². The van der Waals surface area contributed by atoms with Crippen molar-refractivity contribution >= 4 is 27.3 Å². The lowest BCUT2D eigenvalue weighted by molar-refractivity contribution is -0.116. The Bertz CT molecular complexity index is 1010. The van der Waals surface area contributed by atoms with Crippen LogP contribution in [0.25, 0.3) is 0 Å². The van der Waals surface area contributed by atoms with Crippen molar-refractivity contribution in [3.05, 3.63) is 59.7 Å². The van der Waals surface area contributed by atoms with Crippen molar-refractivity contribution < 1.29 is 22.7 Å². The predicted octanol–water partition coefficient (Wildman–Crippen LogP) is 1.84. The molecule has 2 aromatic rings. The number of carbonyl (C=O) groups excluding carboxylic acids is 2. The third-order valence-corrected chi connectivity index (χ3v) is 5.32. The van der Waals surface area contributed by atoms with Crippen LogP contribution in [-0.2, 0) is 20.4 Å². The van der Waals surface area contributed by atoms with E-state index in [9.17, 15) is 18.0 Å². The summed E-state index contributed by atoms with van der Waals surface area (Å²) in [6, 6.07) is 14.5. The van der Waals surface area contributed by atoms with Crippen molar-refractivity contribution in [1.82, 2.24) is 4.90 Å². The topological polar surface area (TPSA) is 117 Å². The second-order valence-corrected chi connectivity index (χ2v) is 8.39. The monoisotopic (exact) mass is 415 g/mol. The van der Waals surface area contributed by atoms with Crippen LogP contribution in [0.3, 0.4) is 0 Å². The molecule has 0 aliphatic heterocycles. The van der Waals surface area contributed by atoms with Gasteiger partial charge in [0.15, 0.2) is 9.84 Å². The molecule has 2 aromatic carbocycles. The number of hydrogen-bond acceptors (Lipinski definition) is 6. The first-order valence-corrected chi connectivity index (χ1v) is 10.4. The van der Waals surface area contributed by atoms with Crippen LogP contribution >= 0.6 is 0 Å². The zero-order valence-electron chi connectivity index (χ0n) is 16.1. The van der Waals surface area contributed by atoms with Gasteiger partial charge in [-0.15, -0.1) is 0 Å². The lowest BCUT2D eigenvalue weighted by Crippen LogP contribution is -2.34. The van der Waals surface area contributed by atoms with Gasteiger partial charge in [0.05, 0.1) is 25.5 Å². The molecule has 29 heavy (non-hydrogen) atoms. The summed E-state index contributed by atoms with van der Waals surface area (Å²) in [7, 11) is -0.453. The van der Waals surface area contributed by atoms with Gasteiger partial charge < -0.3 is 15.0 Å². The zero-order chi connectivity index (χ0) is 21.4. The number of carbonyl (C=O) groups is 2. The van der Waals surface area contributed by atoms with Crippen molar-refractivity contribution in [3.8, 4) is 11.8 Å². The summed E-state index contributed by atoms with van der Waals surface area (Å²) >= 11 is 0. The average molecular weight is 415 g/mol. The van der Waals surface area contributed by atoms with E-state index in [2.05, 4.69) is 5.32 Å². The molecule has 0 aliphatic carbocycles. The summed E-state index contributed by atoms with van der Waals surface area (Å²) in [4.78, 5) is 25.9. The number of anilines is 1. The minimum absolute atomic E-state index is 0.150. The molecule has 9 heteroatoms. The first-order chi connectivity index (χ1) is 13.7. The number of rotatable bonds is 8. The van der Waals surface area contributed by atoms with Crippen LogP contribution in [-0.4, -0.2) is 51.6 Å². The van der Waals surface area contributed by atoms with E-state index in [1.54, 1.807) is 37.4 Å². The number of nitrogens with one attached hydrogen (secondary N) is 1. The highest BCUT2D eigenvalue weighted by Crippen LogP contribution is 2.15. The molecule has 0 saturated heterocycles. The molecule has 0 unspecified atom stereocenters. The first-order valence-electron chi connectivity index (χ1n) is 8.60. The van der Waals surface area contributed by atoms with Gasteiger partial charge in [0, 0.05) is 18.3 Å². The summed E-state index contributed by atoms with van der Waals surface area (Å²) < 4.78 is 28.4. The Hall–Kier alpha value is -3.38. The van der Waals surface area contributed by atoms with Crippen molar-refractivity contribution in [2.24, 2.45) is 0 Å². The van der Waals surface area contributed by atoms with Crippen LogP contribution < -0.4 is 10.1 Å². The molecule has 8 nitrogen and oxygen atoms in total. The zero-order valence-corrected chi connectivity index (χ0v) is 16.9.